The van der Waals surface area contributed by atoms with Crippen molar-refractivity contribution in [3.63, 3.8) is 0 Å². The normalized spacial score (nSPS) is 19.5. The Morgan fingerprint density at radius 3 is 2.80 bits per heavy atom. The molecule has 2 atom stereocenters. The van der Waals surface area contributed by atoms with Crippen LogP contribution in [0.25, 0.3) is 0 Å². The predicted molar refractivity (Wildman–Crippen MR) is 97.5 cm³/mol. The first-order valence-electron chi connectivity index (χ1n) is 9.18. The molecule has 5 heteroatoms. The molecule has 0 aromatic heterocycles. The standard InChI is InChI=1S/C20H29NO4/c1-2-3-4-5-19(22)11-10-18-13-15-25-21(18)14-12-16-6-8-17(9-7-16)20(23)24/h6-11,18-19,22H,2-5,12-15H2,1H3,(H,23,24)/b11-10+/t18-,19?/m0/s1. The monoisotopic (exact) mass is 347 g/mol. The van der Waals surface area contributed by atoms with E-state index in [1.165, 1.54) is 0 Å². The summed E-state index contributed by atoms with van der Waals surface area (Å²) in [5.74, 6) is -0.905. The Kier molecular flexibility index (Phi) is 8.12. The van der Waals surface area contributed by atoms with Crippen molar-refractivity contribution in [2.75, 3.05) is 13.2 Å². The number of rotatable bonds is 10. The van der Waals surface area contributed by atoms with E-state index in [1.807, 2.05) is 23.3 Å². The zero-order valence-corrected chi connectivity index (χ0v) is 14.9. The average molecular weight is 347 g/mol. The second-order valence-electron chi connectivity index (χ2n) is 6.53. The van der Waals surface area contributed by atoms with Gasteiger partial charge in [-0.1, -0.05) is 50.5 Å². The number of carboxylic acid groups (broad SMARTS) is 1. The van der Waals surface area contributed by atoms with E-state index in [9.17, 15) is 9.90 Å². The van der Waals surface area contributed by atoms with Gasteiger partial charge < -0.3 is 10.2 Å². The molecule has 1 aromatic rings. The van der Waals surface area contributed by atoms with Crippen molar-refractivity contribution < 1.29 is 19.8 Å². The number of carbonyl (C=O) groups is 1. The summed E-state index contributed by atoms with van der Waals surface area (Å²) >= 11 is 0. The highest BCUT2D eigenvalue weighted by Gasteiger charge is 2.23. The molecule has 1 aliphatic rings. The maximum Gasteiger partial charge on any atom is 0.335 e. The number of hydrogen-bond acceptors (Lipinski definition) is 4. The smallest absolute Gasteiger partial charge is 0.335 e. The Balaban J connectivity index is 1.79. The SMILES string of the molecule is CCCCCC(O)/C=C/[C@H]1CCON1CCc1ccc(C(=O)O)cc1. The molecule has 5 nitrogen and oxygen atoms in total. The molecule has 0 amide bonds. The highest BCUT2D eigenvalue weighted by Crippen LogP contribution is 2.18. The largest absolute Gasteiger partial charge is 0.478 e. The first-order chi connectivity index (χ1) is 12.1. The van der Waals surface area contributed by atoms with Crippen molar-refractivity contribution in [2.45, 2.75) is 57.6 Å². The minimum atomic E-state index is -0.905. The fourth-order valence-corrected chi connectivity index (χ4v) is 2.96. The summed E-state index contributed by atoms with van der Waals surface area (Å²) in [6.45, 7) is 3.59. The topological polar surface area (TPSA) is 70.0 Å². The van der Waals surface area contributed by atoms with Crippen LogP contribution in [0.5, 0.6) is 0 Å². The summed E-state index contributed by atoms with van der Waals surface area (Å²) in [5.41, 5.74) is 1.39. The lowest BCUT2D eigenvalue weighted by atomic mass is 10.1. The fraction of sp³-hybridized carbons (Fsp3) is 0.550. The van der Waals surface area contributed by atoms with Gasteiger partial charge in [-0.05, 0) is 37.0 Å². The van der Waals surface area contributed by atoms with E-state index >= 15 is 0 Å². The molecule has 25 heavy (non-hydrogen) atoms. The minimum absolute atomic E-state index is 0.194. The highest BCUT2D eigenvalue weighted by atomic mass is 16.7. The molecule has 1 fully saturated rings. The average Bonchev–Trinajstić information content (AvgIpc) is 3.06. The third kappa shape index (κ3) is 6.61. The van der Waals surface area contributed by atoms with Crippen LogP contribution in [-0.2, 0) is 11.3 Å². The summed E-state index contributed by atoms with van der Waals surface area (Å²) in [4.78, 5) is 16.6. The van der Waals surface area contributed by atoms with Gasteiger partial charge in [-0.3, -0.25) is 4.84 Å². The van der Waals surface area contributed by atoms with Gasteiger partial charge in [-0.15, -0.1) is 0 Å². The van der Waals surface area contributed by atoms with Gasteiger partial charge in [-0.2, -0.15) is 5.06 Å². The summed E-state index contributed by atoms with van der Waals surface area (Å²) in [5, 5.41) is 20.9. The van der Waals surface area contributed by atoms with Crippen molar-refractivity contribution in [3.05, 3.63) is 47.5 Å². The molecule has 1 saturated heterocycles. The quantitative estimate of drug-likeness (QED) is 0.501. The Morgan fingerprint density at radius 2 is 2.12 bits per heavy atom. The highest BCUT2D eigenvalue weighted by molar-refractivity contribution is 5.87. The third-order valence-corrected chi connectivity index (χ3v) is 4.52. The lowest BCUT2D eigenvalue weighted by molar-refractivity contribution is -0.122. The number of carboxylic acids is 1. The molecule has 1 heterocycles. The summed E-state index contributed by atoms with van der Waals surface area (Å²) < 4.78 is 0. The van der Waals surface area contributed by atoms with Crippen molar-refractivity contribution in [3.8, 4) is 0 Å². The van der Waals surface area contributed by atoms with E-state index in [2.05, 4.69) is 13.0 Å². The van der Waals surface area contributed by atoms with E-state index in [4.69, 9.17) is 9.94 Å². The number of nitrogens with zero attached hydrogens (tertiary/aromatic N) is 1. The van der Waals surface area contributed by atoms with Gasteiger partial charge in [0, 0.05) is 6.54 Å². The van der Waals surface area contributed by atoms with Crippen LogP contribution in [0.2, 0.25) is 0 Å². The van der Waals surface area contributed by atoms with Crippen LogP contribution in [-0.4, -0.2) is 46.5 Å². The van der Waals surface area contributed by atoms with Crippen molar-refractivity contribution >= 4 is 5.97 Å². The fourth-order valence-electron chi connectivity index (χ4n) is 2.96. The van der Waals surface area contributed by atoms with Gasteiger partial charge in [-0.25, -0.2) is 4.79 Å². The van der Waals surface area contributed by atoms with E-state index in [1.54, 1.807) is 12.1 Å². The molecule has 1 unspecified atom stereocenters. The molecule has 0 radical (unpaired) electrons. The van der Waals surface area contributed by atoms with Gasteiger partial charge in [0.25, 0.3) is 0 Å². The molecule has 0 saturated carbocycles. The van der Waals surface area contributed by atoms with Crippen LogP contribution < -0.4 is 0 Å². The van der Waals surface area contributed by atoms with E-state index in [0.29, 0.717) is 12.2 Å². The molecule has 0 bridgehead atoms. The van der Waals surface area contributed by atoms with Crippen molar-refractivity contribution in [2.24, 2.45) is 0 Å². The van der Waals surface area contributed by atoms with Crippen molar-refractivity contribution in [1.29, 1.82) is 0 Å². The second kappa shape index (κ2) is 10.3. The zero-order valence-electron chi connectivity index (χ0n) is 14.9. The summed E-state index contributed by atoms with van der Waals surface area (Å²) in [6.07, 6.45) is 9.48. The number of aliphatic hydroxyl groups excluding tert-OH is 1. The van der Waals surface area contributed by atoms with Gasteiger partial charge in [0.15, 0.2) is 0 Å². The van der Waals surface area contributed by atoms with Crippen LogP contribution >= 0.6 is 0 Å². The van der Waals surface area contributed by atoms with Gasteiger partial charge >= 0.3 is 5.97 Å². The molecular weight excluding hydrogens is 318 g/mol. The van der Waals surface area contributed by atoms with Crippen LogP contribution in [0.4, 0.5) is 0 Å². The lowest BCUT2D eigenvalue weighted by Gasteiger charge is -2.20. The van der Waals surface area contributed by atoms with Crippen LogP contribution in [0.3, 0.4) is 0 Å². The van der Waals surface area contributed by atoms with E-state index in [-0.39, 0.29) is 12.1 Å². The van der Waals surface area contributed by atoms with Crippen LogP contribution in [0.1, 0.15) is 54.9 Å². The molecular formula is C20H29NO4. The Hall–Kier alpha value is -1.69. The summed E-state index contributed by atoms with van der Waals surface area (Å²) in [7, 11) is 0. The molecule has 1 aliphatic heterocycles. The van der Waals surface area contributed by atoms with Gasteiger partial charge in [0.05, 0.1) is 24.3 Å². The first kappa shape index (κ1) is 19.6. The Morgan fingerprint density at radius 1 is 1.36 bits per heavy atom. The lowest BCUT2D eigenvalue weighted by Crippen LogP contribution is -2.29. The molecule has 0 spiro atoms. The predicted octanol–water partition coefficient (Wildman–Crippen LogP) is 3.43. The maximum absolute atomic E-state index is 10.9. The van der Waals surface area contributed by atoms with Crippen molar-refractivity contribution in [1.82, 2.24) is 5.06 Å². The molecule has 2 N–H and O–H groups in total. The molecule has 2 rings (SSSR count). The second-order valence-corrected chi connectivity index (χ2v) is 6.53. The van der Waals surface area contributed by atoms with E-state index < -0.39 is 5.97 Å². The number of hydroxylamine groups is 2. The van der Waals surface area contributed by atoms with E-state index in [0.717, 1.165) is 50.6 Å². The molecule has 0 aliphatic carbocycles. The van der Waals surface area contributed by atoms with Crippen LogP contribution in [0.15, 0.2) is 36.4 Å². The molecule has 1 aromatic carbocycles. The van der Waals surface area contributed by atoms with Crippen LogP contribution in [0, 0.1) is 0 Å². The number of aliphatic hydroxyl groups is 1. The minimum Gasteiger partial charge on any atom is -0.478 e. The third-order valence-electron chi connectivity index (χ3n) is 4.52. The van der Waals surface area contributed by atoms with Gasteiger partial charge in [0.1, 0.15) is 0 Å². The van der Waals surface area contributed by atoms with Gasteiger partial charge in [0.2, 0.25) is 0 Å². The summed E-state index contributed by atoms with van der Waals surface area (Å²) in [6, 6.07) is 7.15. The first-order valence-corrected chi connectivity index (χ1v) is 9.18. The molecule has 138 valence electrons. The Labute approximate surface area is 149 Å². The maximum atomic E-state index is 10.9. The zero-order chi connectivity index (χ0) is 18.1. The number of benzene rings is 1. The Bertz CT molecular complexity index is 555. The number of hydrogen-bond donors (Lipinski definition) is 2. The number of aromatic carboxylic acids is 1. The number of unbranched alkanes of at least 4 members (excludes halogenated alkanes) is 2.